The number of nitrogens with zero attached hydrogens (tertiary/aromatic N) is 1. The molecule has 0 fully saturated rings. The second-order valence-corrected chi connectivity index (χ2v) is 5.79. The molecule has 0 aliphatic rings. The molecule has 0 atom stereocenters. The minimum absolute atomic E-state index is 0.00434. The van der Waals surface area contributed by atoms with Crippen LogP contribution in [0.4, 0.5) is 9.52 Å². The normalized spacial score (nSPS) is 10.4. The van der Waals surface area contributed by atoms with Gasteiger partial charge in [-0.2, -0.15) is 0 Å². The number of anilines is 1. The summed E-state index contributed by atoms with van der Waals surface area (Å²) in [5, 5.41) is 4.89. The quantitative estimate of drug-likeness (QED) is 0.737. The number of ether oxygens (including phenoxy) is 1. The Balaban J connectivity index is 1.73. The third kappa shape index (κ3) is 3.60. The van der Waals surface area contributed by atoms with Gasteiger partial charge in [0.05, 0.1) is 17.9 Å². The van der Waals surface area contributed by atoms with Crippen molar-refractivity contribution >= 4 is 22.4 Å². The molecule has 2 aromatic carbocycles. The molecule has 0 saturated carbocycles. The predicted octanol–water partition coefficient (Wildman–Crippen LogP) is 4.60. The number of hydrogen-bond acceptors (Lipinski definition) is 4. The highest BCUT2D eigenvalue weighted by Crippen LogP contribution is 2.27. The van der Waals surface area contributed by atoms with Gasteiger partial charge in [0, 0.05) is 10.9 Å². The lowest BCUT2D eigenvalue weighted by Gasteiger charge is -2.03. The number of nitrogens with one attached hydrogen (secondary N) is 1. The maximum atomic E-state index is 13.6. The number of carbonyl (C=O) groups is 1. The average molecular weight is 342 g/mol. The summed E-state index contributed by atoms with van der Waals surface area (Å²) in [5.41, 5.74) is 1.66. The van der Waals surface area contributed by atoms with Gasteiger partial charge < -0.3 is 4.74 Å². The van der Waals surface area contributed by atoms with E-state index in [2.05, 4.69) is 10.3 Å². The van der Waals surface area contributed by atoms with Gasteiger partial charge in [-0.25, -0.2) is 9.37 Å². The van der Waals surface area contributed by atoms with Crippen LogP contribution >= 0.6 is 11.3 Å². The molecule has 0 radical (unpaired) electrons. The Kier molecular flexibility index (Phi) is 4.86. The van der Waals surface area contributed by atoms with E-state index >= 15 is 0 Å². The Morgan fingerprint density at radius 3 is 2.67 bits per heavy atom. The van der Waals surface area contributed by atoms with E-state index in [1.54, 1.807) is 12.1 Å². The highest BCUT2D eigenvalue weighted by Gasteiger charge is 2.13. The fraction of sp³-hybridized carbons (Fsp3) is 0.111. The number of rotatable bonds is 5. The zero-order valence-corrected chi connectivity index (χ0v) is 13.8. The van der Waals surface area contributed by atoms with Crippen LogP contribution in [0.25, 0.3) is 11.3 Å². The van der Waals surface area contributed by atoms with Crippen molar-refractivity contribution in [1.29, 1.82) is 0 Å². The Hall–Kier alpha value is -2.73. The molecule has 0 unspecified atom stereocenters. The molecule has 3 aromatic rings. The fourth-order valence-electron chi connectivity index (χ4n) is 2.16. The van der Waals surface area contributed by atoms with Gasteiger partial charge in [-0.3, -0.25) is 10.1 Å². The number of thiazole rings is 1. The molecule has 1 aromatic heterocycles. The SMILES string of the molecule is CCOc1ccc(-c2csc(NC(=O)c3ccccc3F)n2)cc1. The lowest BCUT2D eigenvalue weighted by molar-refractivity contribution is 0.102. The summed E-state index contributed by atoms with van der Waals surface area (Å²) in [5.74, 6) is -0.274. The molecule has 0 bridgehead atoms. The second-order valence-electron chi connectivity index (χ2n) is 4.93. The molecule has 0 aliphatic heterocycles. The summed E-state index contributed by atoms with van der Waals surface area (Å²) in [6.07, 6.45) is 0. The molecule has 0 spiro atoms. The highest BCUT2D eigenvalue weighted by molar-refractivity contribution is 7.14. The van der Waals surface area contributed by atoms with Crippen LogP contribution in [-0.2, 0) is 0 Å². The van der Waals surface area contributed by atoms with Crippen molar-refractivity contribution in [2.75, 3.05) is 11.9 Å². The predicted molar refractivity (Wildman–Crippen MR) is 93.1 cm³/mol. The topological polar surface area (TPSA) is 51.2 Å². The summed E-state index contributed by atoms with van der Waals surface area (Å²) >= 11 is 1.29. The Morgan fingerprint density at radius 2 is 1.96 bits per heavy atom. The molecule has 1 N–H and O–H groups in total. The summed E-state index contributed by atoms with van der Waals surface area (Å²) < 4.78 is 19.0. The molecule has 4 nitrogen and oxygen atoms in total. The van der Waals surface area contributed by atoms with Crippen LogP contribution in [0.1, 0.15) is 17.3 Å². The minimum atomic E-state index is -0.557. The van der Waals surface area contributed by atoms with Gasteiger partial charge in [-0.15, -0.1) is 11.3 Å². The molecule has 0 aliphatic carbocycles. The number of aromatic nitrogens is 1. The zero-order valence-electron chi connectivity index (χ0n) is 13.0. The average Bonchev–Trinajstić information content (AvgIpc) is 3.04. The molecule has 122 valence electrons. The van der Waals surface area contributed by atoms with E-state index in [4.69, 9.17) is 4.74 Å². The van der Waals surface area contributed by atoms with Crippen molar-refractivity contribution in [3.63, 3.8) is 0 Å². The van der Waals surface area contributed by atoms with Crippen LogP contribution in [0, 0.1) is 5.82 Å². The summed E-state index contributed by atoms with van der Waals surface area (Å²) in [4.78, 5) is 16.5. The van der Waals surface area contributed by atoms with E-state index in [0.717, 1.165) is 17.0 Å². The van der Waals surface area contributed by atoms with Crippen molar-refractivity contribution in [3.8, 4) is 17.0 Å². The van der Waals surface area contributed by atoms with Crippen molar-refractivity contribution in [3.05, 3.63) is 65.3 Å². The maximum absolute atomic E-state index is 13.6. The van der Waals surface area contributed by atoms with Crippen LogP contribution in [0.3, 0.4) is 0 Å². The van der Waals surface area contributed by atoms with E-state index < -0.39 is 11.7 Å². The molecule has 0 saturated heterocycles. The van der Waals surface area contributed by atoms with Crippen LogP contribution in [0.2, 0.25) is 0 Å². The summed E-state index contributed by atoms with van der Waals surface area (Å²) in [6.45, 7) is 2.54. The Labute approximate surface area is 142 Å². The monoisotopic (exact) mass is 342 g/mol. The van der Waals surface area contributed by atoms with Gasteiger partial charge >= 0.3 is 0 Å². The van der Waals surface area contributed by atoms with Crippen LogP contribution in [-0.4, -0.2) is 17.5 Å². The summed E-state index contributed by atoms with van der Waals surface area (Å²) in [7, 11) is 0. The highest BCUT2D eigenvalue weighted by atomic mass is 32.1. The van der Waals surface area contributed by atoms with Gasteiger partial charge in [-0.05, 0) is 43.3 Å². The number of hydrogen-bond donors (Lipinski definition) is 1. The van der Waals surface area contributed by atoms with E-state index in [1.807, 2.05) is 36.6 Å². The van der Waals surface area contributed by atoms with Crippen molar-refractivity contribution < 1.29 is 13.9 Å². The van der Waals surface area contributed by atoms with Crippen molar-refractivity contribution in [1.82, 2.24) is 4.98 Å². The van der Waals surface area contributed by atoms with Gasteiger partial charge in [0.2, 0.25) is 0 Å². The first kappa shape index (κ1) is 16.1. The number of halogens is 1. The standard InChI is InChI=1S/C18H15FN2O2S/c1-2-23-13-9-7-12(8-10-13)16-11-24-18(20-16)21-17(22)14-5-3-4-6-15(14)19/h3-11H,2H2,1H3,(H,20,21,22). The third-order valence-electron chi connectivity index (χ3n) is 3.30. The van der Waals surface area contributed by atoms with E-state index in [0.29, 0.717) is 11.7 Å². The van der Waals surface area contributed by atoms with Crippen molar-refractivity contribution in [2.45, 2.75) is 6.92 Å². The minimum Gasteiger partial charge on any atom is -0.494 e. The van der Waals surface area contributed by atoms with Gasteiger partial charge in [0.25, 0.3) is 5.91 Å². The molecule has 3 rings (SSSR count). The third-order valence-corrected chi connectivity index (χ3v) is 4.06. The molecule has 1 amide bonds. The number of carbonyl (C=O) groups excluding carboxylic acids is 1. The molecule has 24 heavy (non-hydrogen) atoms. The van der Waals surface area contributed by atoms with Gasteiger partial charge in [-0.1, -0.05) is 12.1 Å². The van der Waals surface area contributed by atoms with Crippen LogP contribution < -0.4 is 10.1 Å². The summed E-state index contributed by atoms with van der Waals surface area (Å²) in [6, 6.07) is 13.4. The number of benzene rings is 2. The van der Waals surface area contributed by atoms with E-state index in [1.165, 1.54) is 23.5 Å². The largest absolute Gasteiger partial charge is 0.494 e. The van der Waals surface area contributed by atoms with E-state index in [-0.39, 0.29) is 5.56 Å². The van der Waals surface area contributed by atoms with Crippen LogP contribution in [0.5, 0.6) is 5.75 Å². The Bertz CT molecular complexity index is 846. The molecular weight excluding hydrogens is 327 g/mol. The van der Waals surface area contributed by atoms with Crippen LogP contribution in [0.15, 0.2) is 53.9 Å². The second kappa shape index (κ2) is 7.23. The zero-order chi connectivity index (χ0) is 16.9. The first-order chi connectivity index (χ1) is 11.7. The lowest BCUT2D eigenvalue weighted by Crippen LogP contribution is -2.13. The molecule has 6 heteroatoms. The smallest absolute Gasteiger partial charge is 0.260 e. The van der Waals surface area contributed by atoms with Gasteiger partial charge in [0.1, 0.15) is 11.6 Å². The lowest BCUT2D eigenvalue weighted by atomic mass is 10.2. The van der Waals surface area contributed by atoms with Crippen molar-refractivity contribution in [2.24, 2.45) is 0 Å². The Morgan fingerprint density at radius 1 is 1.21 bits per heavy atom. The van der Waals surface area contributed by atoms with E-state index in [9.17, 15) is 9.18 Å². The first-order valence-corrected chi connectivity index (χ1v) is 8.30. The fourth-order valence-corrected chi connectivity index (χ4v) is 2.88. The molecule has 1 heterocycles. The van der Waals surface area contributed by atoms with Gasteiger partial charge in [0.15, 0.2) is 5.13 Å². The number of amides is 1. The maximum Gasteiger partial charge on any atom is 0.260 e. The molecular formula is C18H15FN2O2S. The first-order valence-electron chi connectivity index (χ1n) is 7.42.